The van der Waals surface area contributed by atoms with E-state index < -0.39 is 5.54 Å². The summed E-state index contributed by atoms with van der Waals surface area (Å²) in [7, 11) is 3.34. The van der Waals surface area contributed by atoms with E-state index in [1.807, 2.05) is 31.0 Å². The second kappa shape index (κ2) is 7.52. The van der Waals surface area contributed by atoms with E-state index >= 15 is 0 Å². The van der Waals surface area contributed by atoms with Crippen molar-refractivity contribution in [2.24, 2.45) is 0 Å². The molecule has 0 atom stereocenters. The average molecular weight is 350 g/mol. The highest BCUT2D eigenvalue weighted by Crippen LogP contribution is 2.29. The number of piperidine rings is 1. The lowest BCUT2D eigenvalue weighted by Gasteiger charge is -2.42. The number of carbonyl (C=O) groups is 1. The van der Waals surface area contributed by atoms with Crippen LogP contribution in [-0.2, 0) is 16.1 Å². The molecule has 0 bridgehead atoms. The lowest BCUT2D eigenvalue weighted by Crippen LogP contribution is -2.55. The largest absolute Gasteiger partial charge is 0.327 e. The maximum atomic E-state index is 12.8. The van der Waals surface area contributed by atoms with Crippen molar-refractivity contribution in [1.29, 1.82) is 5.26 Å². The third-order valence-electron chi connectivity index (χ3n) is 4.92. The molecular formula is C18H24ClN3O2. The van der Waals surface area contributed by atoms with Crippen molar-refractivity contribution in [3.8, 4) is 6.07 Å². The van der Waals surface area contributed by atoms with E-state index in [9.17, 15) is 10.1 Å². The molecule has 24 heavy (non-hydrogen) atoms. The quantitative estimate of drug-likeness (QED) is 0.838. The molecule has 2 rings (SSSR count). The van der Waals surface area contributed by atoms with Crippen LogP contribution in [0.2, 0.25) is 5.02 Å². The van der Waals surface area contributed by atoms with Crippen molar-refractivity contribution in [3.63, 3.8) is 0 Å². The third-order valence-corrected chi connectivity index (χ3v) is 5.26. The van der Waals surface area contributed by atoms with Gasteiger partial charge in [-0.25, -0.2) is 0 Å². The Bertz CT molecular complexity index is 638. The van der Waals surface area contributed by atoms with Crippen molar-refractivity contribution >= 4 is 17.5 Å². The number of aryl methyl sites for hydroxylation is 2. The van der Waals surface area contributed by atoms with Crippen LogP contribution in [-0.4, -0.2) is 48.7 Å². The summed E-state index contributed by atoms with van der Waals surface area (Å²) in [6.07, 6.45) is 1.35. The molecule has 130 valence electrons. The molecule has 1 aliphatic rings. The molecule has 0 aliphatic carbocycles. The number of rotatable bonds is 4. The first-order valence-electron chi connectivity index (χ1n) is 8.05. The van der Waals surface area contributed by atoms with Gasteiger partial charge in [0.05, 0.1) is 19.6 Å². The van der Waals surface area contributed by atoms with Crippen LogP contribution in [0.5, 0.6) is 0 Å². The molecule has 1 heterocycles. The number of nitriles is 1. The summed E-state index contributed by atoms with van der Waals surface area (Å²) in [5.41, 5.74) is 2.13. The van der Waals surface area contributed by atoms with Crippen LogP contribution in [0.4, 0.5) is 0 Å². The lowest BCUT2D eigenvalue weighted by atomic mass is 9.87. The molecule has 6 heteroatoms. The molecule has 0 aromatic heterocycles. The zero-order chi connectivity index (χ0) is 17.9. The van der Waals surface area contributed by atoms with Crippen molar-refractivity contribution in [2.45, 2.75) is 38.6 Å². The van der Waals surface area contributed by atoms with Crippen molar-refractivity contribution in [3.05, 3.63) is 33.8 Å². The summed E-state index contributed by atoms with van der Waals surface area (Å²) in [4.78, 5) is 19.6. The van der Waals surface area contributed by atoms with Gasteiger partial charge in [-0.1, -0.05) is 17.7 Å². The summed E-state index contributed by atoms with van der Waals surface area (Å²) in [6.45, 7) is 5.20. The van der Waals surface area contributed by atoms with Crippen LogP contribution in [0.1, 0.15) is 29.5 Å². The third kappa shape index (κ3) is 3.72. The number of hydrogen-bond donors (Lipinski definition) is 0. The molecule has 5 nitrogen and oxygen atoms in total. The number of amides is 1. The molecule has 0 radical (unpaired) electrons. The summed E-state index contributed by atoms with van der Waals surface area (Å²) >= 11 is 6.32. The van der Waals surface area contributed by atoms with Crippen molar-refractivity contribution in [1.82, 2.24) is 9.96 Å². The summed E-state index contributed by atoms with van der Waals surface area (Å²) in [5.74, 6) is -0.0868. The van der Waals surface area contributed by atoms with E-state index in [-0.39, 0.29) is 12.3 Å². The van der Waals surface area contributed by atoms with Crippen LogP contribution in [0.3, 0.4) is 0 Å². The Morgan fingerprint density at radius 1 is 1.42 bits per heavy atom. The highest BCUT2D eigenvalue weighted by Gasteiger charge is 2.41. The lowest BCUT2D eigenvalue weighted by molar-refractivity contribution is -0.161. The van der Waals surface area contributed by atoms with Gasteiger partial charge in [0.1, 0.15) is 5.54 Å². The predicted molar refractivity (Wildman–Crippen MR) is 93.6 cm³/mol. The molecule has 1 aromatic rings. The molecule has 0 N–H and O–H groups in total. The molecule has 1 aromatic carbocycles. The van der Waals surface area contributed by atoms with Crippen LogP contribution >= 0.6 is 11.6 Å². The number of hydrogen-bond acceptors (Lipinski definition) is 4. The SMILES string of the molecule is CON1CCC(C#N)(N(C)C(=O)Cc2c(C)cc(C)cc2Cl)CC1. The highest BCUT2D eigenvalue weighted by molar-refractivity contribution is 6.31. The summed E-state index contributed by atoms with van der Waals surface area (Å²) < 4.78 is 0. The van der Waals surface area contributed by atoms with Gasteiger partial charge in [-0.2, -0.15) is 10.3 Å². The van der Waals surface area contributed by atoms with Gasteiger partial charge in [0.25, 0.3) is 0 Å². The number of nitrogens with zero attached hydrogens (tertiary/aromatic N) is 3. The Morgan fingerprint density at radius 2 is 2.04 bits per heavy atom. The van der Waals surface area contributed by atoms with Gasteiger partial charge in [0, 0.05) is 25.2 Å². The second-order valence-corrected chi connectivity index (χ2v) is 6.83. The molecule has 0 spiro atoms. The predicted octanol–water partition coefficient (Wildman–Crippen LogP) is 2.88. The fraction of sp³-hybridized carbons (Fsp3) is 0.556. The fourth-order valence-corrected chi connectivity index (χ4v) is 3.63. The average Bonchev–Trinajstić information content (AvgIpc) is 2.57. The minimum Gasteiger partial charge on any atom is -0.327 e. The summed E-state index contributed by atoms with van der Waals surface area (Å²) in [6, 6.07) is 6.25. The summed E-state index contributed by atoms with van der Waals surface area (Å²) in [5, 5.41) is 12.1. The maximum Gasteiger partial charge on any atom is 0.228 e. The zero-order valence-corrected chi connectivity index (χ0v) is 15.5. The second-order valence-electron chi connectivity index (χ2n) is 6.43. The van der Waals surface area contributed by atoms with Crippen LogP contribution in [0, 0.1) is 25.2 Å². The normalized spacial score (nSPS) is 17.3. The molecular weight excluding hydrogens is 326 g/mol. The Kier molecular flexibility index (Phi) is 5.87. The van der Waals surface area contributed by atoms with Crippen molar-refractivity contribution in [2.75, 3.05) is 27.2 Å². The van der Waals surface area contributed by atoms with E-state index in [1.165, 1.54) is 0 Å². The molecule has 1 fully saturated rings. The van der Waals surface area contributed by atoms with Gasteiger partial charge in [0.15, 0.2) is 0 Å². The first-order chi connectivity index (χ1) is 11.3. The molecule has 0 saturated carbocycles. The number of benzene rings is 1. The molecule has 1 amide bonds. The number of hydroxylamine groups is 2. The first kappa shape index (κ1) is 18.7. The van der Waals surface area contributed by atoms with Crippen molar-refractivity contribution < 1.29 is 9.63 Å². The van der Waals surface area contributed by atoms with Gasteiger partial charge in [0.2, 0.25) is 5.91 Å². The van der Waals surface area contributed by atoms with Crippen LogP contribution in [0.25, 0.3) is 0 Å². The zero-order valence-electron chi connectivity index (χ0n) is 14.7. The minimum atomic E-state index is -0.781. The Morgan fingerprint density at radius 3 is 2.54 bits per heavy atom. The van der Waals surface area contributed by atoms with Crippen LogP contribution in [0.15, 0.2) is 12.1 Å². The van der Waals surface area contributed by atoms with E-state index in [2.05, 4.69) is 6.07 Å². The molecule has 1 saturated heterocycles. The monoisotopic (exact) mass is 349 g/mol. The van der Waals surface area contributed by atoms with Gasteiger partial charge in [-0.3, -0.25) is 4.79 Å². The highest BCUT2D eigenvalue weighted by atomic mass is 35.5. The Hall–Kier alpha value is -1.61. The van der Waals surface area contributed by atoms with Gasteiger partial charge in [-0.05, 0) is 49.4 Å². The smallest absolute Gasteiger partial charge is 0.228 e. The van der Waals surface area contributed by atoms with E-state index in [4.69, 9.17) is 16.4 Å². The first-order valence-corrected chi connectivity index (χ1v) is 8.43. The Labute approximate surface area is 148 Å². The standard InChI is InChI=1S/C18H24ClN3O2/c1-13-9-14(2)15(16(19)10-13)11-17(23)21(3)18(12-20)5-7-22(24-4)8-6-18/h9-10H,5-8,11H2,1-4H3. The van der Waals surface area contributed by atoms with Gasteiger partial charge < -0.3 is 9.74 Å². The van der Waals surface area contributed by atoms with E-state index in [0.717, 1.165) is 16.7 Å². The van der Waals surface area contributed by atoms with Gasteiger partial charge in [-0.15, -0.1) is 0 Å². The number of halogens is 1. The fourth-order valence-electron chi connectivity index (χ4n) is 3.24. The van der Waals surface area contributed by atoms with Gasteiger partial charge >= 0.3 is 0 Å². The Balaban J connectivity index is 2.16. The van der Waals surface area contributed by atoms with Crippen LogP contribution < -0.4 is 0 Å². The molecule has 1 aliphatic heterocycles. The topological polar surface area (TPSA) is 56.6 Å². The minimum absolute atomic E-state index is 0.0868. The van der Waals surface area contributed by atoms with E-state index in [1.54, 1.807) is 19.1 Å². The maximum absolute atomic E-state index is 12.8. The molecule has 0 unspecified atom stereocenters. The number of carbonyl (C=O) groups excluding carboxylic acids is 1. The number of likely N-dealkylation sites (N-methyl/N-ethyl adjacent to an activating group) is 1. The van der Waals surface area contributed by atoms with E-state index in [0.29, 0.717) is 31.0 Å².